The second-order valence-corrected chi connectivity index (χ2v) is 6.74. The van der Waals surface area contributed by atoms with E-state index >= 15 is 0 Å². The zero-order chi connectivity index (χ0) is 17.9. The molecular formula is C19H19ClN4O2. The number of methoxy groups -OCH3 is 1. The lowest BCUT2D eigenvalue weighted by Gasteiger charge is -2.21. The average Bonchev–Trinajstić information content (AvgIpc) is 3.33. The smallest absolute Gasteiger partial charge is 0.244 e. The Morgan fingerprint density at radius 2 is 2.08 bits per heavy atom. The third-order valence-electron chi connectivity index (χ3n) is 4.59. The number of rotatable bonds is 5. The largest absolute Gasteiger partial charge is 0.481 e. The van der Waals surface area contributed by atoms with Crippen LogP contribution in [0.5, 0.6) is 5.88 Å². The number of aromatic nitrogens is 3. The second-order valence-electron chi connectivity index (χ2n) is 6.30. The van der Waals surface area contributed by atoms with Gasteiger partial charge < -0.3 is 9.26 Å². The molecule has 26 heavy (non-hydrogen) atoms. The Kier molecular flexibility index (Phi) is 4.86. The van der Waals surface area contributed by atoms with Crippen LogP contribution in [0, 0.1) is 0 Å². The van der Waals surface area contributed by atoms with Crippen molar-refractivity contribution in [2.45, 2.75) is 25.4 Å². The van der Waals surface area contributed by atoms with Crippen molar-refractivity contribution in [3.63, 3.8) is 0 Å². The first-order chi connectivity index (χ1) is 12.7. The molecule has 2 aromatic heterocycles. The number of hydrogen-bond acceptors (Lipinski definition) is 6. The van der Waals surface area contributed by atoms with Gasteiger partial charge in [-0.05, 0) is 43.1 Å². The zero-order valence-electron chi connectivity index (χ0n) is 14.4. The molecule has 0 spiro atoms. The molecule has 4 rings (SSSR count). The van der Waals surface area contributed by atoms with Crippen LogP contribution in [0.15, 0.2) is 47.1 Å². The van der Waals surface area contributed by atoms with Gasteiger partial charge in [0.25, 0.3) is 0 Å². The minimum Gasteiger partial charge on any atom is -0.481 e. The van der Waals surface area contributed by atoms with Gasteiger partial charge in [-0.15, -0.1) is 0 Å². The minimum absolute atomic E-state index is 0.137. The van der Waals surface area contributed by atoms with Gasteiger partial charge >= 0.3 is 0 Å². The van der Waals surface area contributed by atoms with Crippen molar-refractivity contribution < 1.29 is 9.26 Å². The SMILES string of the molecule is COc1ccc(-c2noc([C@H]3CCCN3Cc3ccc(Cl)cc3)n2)cn1. The third-order valence-corrected chi connectivity index (χ3v) is 4.85. The maximum atomic E-state index is 5.97. The number of halogens is 1. The Morgan fingerprint density at radius 1 is 1.23 bits per heavy atom. The fourth-order valence-corrected chi connectivity index (χ4v) is 3.37. The van der Waals surface area contributed by atoms with Gasteiger partial charge in [-0.1, -0.05) is 28.9 Å². The summed E-state index contributed by atoms with van der Waals surface area (Å²) in [7, 11) is 1.59. The van der Waals surface area contributed by atoms with E-state index in [1.807, 2.05) is 18.2 Å². The van der Waals surface area contributed by atoms with E-state index in [1.54, 1.807) is 19.4 Å². The summed E-state index contributed by atoms with van der Waals surface area (Å²) in [5.41, 5.74) is 2.03. The van der Waals surface area contributed by atoms with Crippen LogP contribution in [-0.2, 0) is 6.54 Å². The molecule has 1 aromatic carbocycles. The van der Waals surface area contributed by atoms with E-state index in [4.69, 9.17) is 20.9 Å². The van der Waals surface area contributed by atoms with Gasteiger partial charge in [0.15, 0.2) is 0 Å². The van der Waals surface area contributed by atoms with E-state index in [0.717, 1.165) is 36.5 Å². The van der Waals surface area contributed by atoms with Crippen LogP contribution in [-0.4, -0.2) is 33.7 Å². The second kappa shape index (κ2) is 7.43. The predicted molar refractivity (Wildman–Crippen MR) is 97.9 cm³/mol. The highest BCUT2D eigenvalue weighted by Gasteiger charge is 2.30. The number of nitrogens with zero attached hydrogens (tertiary/aromatic N) is 4. The first-order valence-corrected chi connectivity index (χ1v) is 8.93. The van der Waals surface area contributed by atoms with E-state index in [0.29, 0.717) is 17.6 Å². The third kappa shape index (κ3) is 3.57. The first-order valence-electron chi connectivity index (χ1n) is 8.55. The molecule has 1 aliphatic rings. The maximum absolute atomic E-state index is 5.97. The highest BCUT2D eigenvalue weighted by atomic mass is 35.5. The molecule has 6 nitrogen and oxygen atoms in total. The van der Waals surface area contributed by atoms with Crippen molar-refractivity contribution in [2.75, 3.05) is 13.7 Å². The summed E-state index contributed by atoms with van der Waals surface area (Å²) >= 11 is 5.97. The summed E-state index contributed by atoms with van der Waals surface area (Å²) in [6.07, 6.45) is 3.81. The quantitative estimate of drug-likeness (QED) is 0.672. The molecule has 3 heterocycles. The number of benzene rings is 1. The number of hydrogen-bond donors (Lipinski definition) is 0. The van der Waals surface area contributed by atoms with Gasteiger partial charge in [0, 0.05) is 29.4 Å². The normalized spacial score (nSPS) is 17.5. The lowest BCUT2D eigenvalue weighted by molar-refractivity contribution is 0.201. The van der Waals surface area contributed by atoms with Gasteiger partial charge in [-0.25, -0.2) is 4.98 Å². The summed E-state index contributed by atoms with van der Waals surface area (Å²) in [5, 5.41) is 4.88. The van der Waals surface area contributed by atoms with Gasteiger partial charge in [0.2, 0.25) is 17.6 Å². The van der Waals surface area contributed by atoms with Crippen LogP contribution in [0.2, 0.25) is 5.02 Å². The van der Waals surface area contributed by atoms with Crippen LogP contribution in [0.1, 0.15) is 30.3 Å². The lowest BCUT2D eigenvalue weighted by Crippen LogP contribution is -2.23. The zero-order valence-corrected chi connectivity index (χ0v) is 15.2. The molecular weight excluding hydrogens is 352 g/mol. The minimum atomic E-state index is 0.137. The molecule has 0 radical (unpaired) electrons. The standard InChI is InChI=1S/C19H19ClN4O2/c1-25-17-9-6-14(11-21-17)18-22-19(26-23-18)16-3-2-10-24(16)12-13-4-7-15(20)8-5-13/h4-9,11,16H,2-3,10,12H2,1H3/t16-/m1/s1. The van der Waals surface area contributed by atoms with E-state index < -0.39 is 0 Å². The molecule has 1 atom stereocenters. The molecule has 1 aliphatic heterocycles. The maximum Gasteiger partial charge on any atom is 0.244 e. The van der Waals surface area contributed by atoms with Gasteiger partial charge in [0.05, 0.1) is 13.2 Å². The molecule has 134 valence electrons. The van der Waals surface area contributed by atoms with Crippen molar-refractivity contribution in [3.8, 4) is 17.3 Å². The van der Waals surface area contributed by atoms with E-state index in [9.17, 15) is 0 Å². The molecule has 0 amide bonds. The number of ether oxygens (including phenoxy) is 1. The summed E-state index contributed by atoms with van der Waals surface area (Å²) in [5.74, 6) is 1.76. The van der Waals surface area contributed by atoms with Crippen molar-refractivity contribution in [3.05, 3.63) is 59.1 Å². The molecule has 0 unspecified atom stereocenters. The van der Waals surface area contributed by atoms with Gasteiger partial charge in [0.1, 0.15) is 0 Å². The van der Waals surface area contributed by atoms with Crippen molar-refractivity contribution in [2.24, 2.45) is 0 Å². The highest BCUT2D eigenvalue weighted by molar-refractivity contribution is 6.30. The Labute approximate surface area is 156 Å². The molecule has 0 aliphatic carbocycles. The molecule has 0 saturated carbocycles. The Morgan fingerprint density at radius 3 is 2.81 bits per heavy atom. The van der Waals surface area contributed by atoms with Crippen LogP contribution in [0.25, 0.3) is 11.4 Å². The van der Waals surface area contributed by atoms with Gasteiger partial charge in [-0.3, -0.25) is 4.90 Å². The molecule has 7 heteroatoms. The molecule has 1 saturated heterocycles. The van der Waals surface area contributed by atoms with E-state index in [-0.39, 0.29) is 6.04 Å². The first kappa shape index (κ1) is 17.0. The Balaban J connectivity index is 1.51. The fraction of sp³-hybridized carbons (Fsp3) is 0.316. The van der Waals surface area contributed by atoms with Crippen LogP contribution < -0.4 is 4.74 Å². The summed E-state index contributed by atoms with van der Waals surface area (Å²) in [4.78, 5) is 11.2. The Hall–Kier alpha value is -2.44. The summed E-state index contributed by atoms with van der Waals surface area (Å²) in [6.45, 7) is 1.85. The van der Waals surface area contributed by atoms with Crippen molar-refractivity contribution in [1.29, 1.82) is 0 Å². The average molecular weight is 371 g/mol. The lowest BCUT2D eigenvalue weighted by atomic mass is 10.2. The van der Waals surface area contributed by atoms with Crippen LogP contribution in [0.4, 0.5) is 0 Å². The molecule has 3 aromatic rings. The van der Waals surface area contributed by atoms with Crippen LogP contribution in [0.3, 0.4) is 0 Å². The fourth-order valence-electron chi connectivity index (χ4n) is 3.24. The summed E-state index contributed by atoms with van der Waals surface area (Å²) < 4.78 is 10.6. The monoisotopic (exact) mass is 370 g/mol. The number of likely N-dealkylation sites (tertiary alicyclic amines) is 1. The molecule has 1 fully saturated rings. The summed E-state index contributed by atoms with van der Waals surface area (Å²) in [6, 6.07) is 11.7. The molecule has 0 N–H and O–H groups in total. The van der Waals surface area contributed by atoms with Crippen LogP contribution >= 0.6 is 11.6 Å². The van der Waals surface area contributed by atoms with E-state index in [1.165, 1.54) is 5.56 Å². The number of pyridine rings is 1. The van der Waals surface area contributed by atoms with Crippen molar-refractivity contribution in [1.82, 2.24) is 20.0 Å². The topological polar surface area (TPSA) is 64.3 Å². The highest BCUT2D eigenvalue weighted by Crippen LogP contribution is 2.33. The Bertz CT molecular complexity index is 864. The van der Waals surface area contributed by atoms with Crippen molar-refractivity contribution >= 4 is 11.6 Å². The predicted octanol–water partition coefficient (Wildman–Crippen LogP) is 4.13. The van der Waals surface area contributed by atoms with E-state index in [2.05, 4.69) is 32.2 Å². The molecule has 0 bridgehead atoms. The van der Waals surface area contributed by atoms with Gasteiger partial charge in [-0.2, -0.15) is 4.98 Å².